The van der Waals surface area contributed by atoms with Crippen molar-refractivity contribution in [3.05, 3.63) is 35.5 Å². The molecule has 10 heteroatoms. The molecule has 0 saturated carbocycles. The first-order chi connectivity index (χ1) is 10.9. The molecule has 0 aliphatic carbocycles. The zero-order valence-corrected chi connectivity index (χ0v) is 12.2. The fourth-order valence-corrected chi connectivity index (χ4v) is 2.02. The van der Waals surface area contributed by atoms with Crippen LogP contribution in [0.3, 0.4) is 0 Å². The van der Waals surface area contributed by atoms with Crippen molar-refractivity contribution in [3.63, 3.8) is 0 Å². The van der Waals surface area contributed by atoms with Crippen LogP contribution < -0.4 is 10.6 Å². The lowest BCUT2D eigenvalue weighted by molar-refractivity contribution is -0.115. The lowest BCUT2D eigenvalue weighted by Crippen LogP contribution is -2.22. The number of benzene rings is 1. The number of imidazole rings is 1. The first-order valence-corrected chi connectivity index (χ1v) is 6.83. The van der Waals surface area contributed by atoms with Gasteiger partial charge in [-0.15, -0.1) is 0 Å². The minimum atomic E-state index is -4.34. The number of fused-ring (bicyclic) bond motifs is 1. The fraction of sp³-hybridized carbons (Fsp3) is 0.154. The number of anilines is 3. The molecular weight excluding hydrogens is 333 g/mol. The number of hydrogen-bond donors (Lipinski definition) is 3. The average Bonchev–Trinajstić information content (AvgIpc) is 2.85. The van der Waals surface area contributed by atoms with E-state index < -0.39 is 12.7 Å². The summed E-state index contributed by atoms with van der Waals surface area (Å²) in [5.74, 6) is 0.236. The zero-order valence-electron chi connectivity index (χ0n) is 11.4. The summed E-state index contributed by atoms with van der Waals surface area (Å²) in [5, 5.41) is 5.65. The van der Waals surface area contributed by atoms with Crippen LogP contribution >= 0.6 is 11.6 Å². The van der Waals surface area contributed by atoms with Gasteiger partial charge in [-0.2, -0.15) is 23.1 Å². The van der Waals surface area contributed by atoms with Crippen molar-refractivity contribution in [1.82, 2.24) is 19.9 Å². The Morgan fingerprint density at radius 3 is 2.78 bits per heavy atom. The molecule has 2 aromatic heterocycles. The number of aromatic amines is 1. The second-order valence-corrected chi connectivity index (χ2v) is 5.06. The van der Waals surface area contributed by atoms with E-state index in [4.69, 9.17) is 11.6 Å². The number of nitrogens with one attached hydrogen (secondary N) is 3. The van der Waals surface area contributed by atoms with Gasteiger partial charge in [-0.3, -0.25) is 0 Å². The molecule has 3 rings (SSSR count). The molecule has 0 fully saturated rings. The summed E-state index contributed by atoms with van der Waals surface area (Å²) in [7, 11) is 0. The van der Waals surface area contributed by atoms with E-state index >= 15 is 0 Å². The Morgan fingerprint density at radius 1 is 1.22 bits per heavy atom. The standard InChI is InChI=1S/C13H10ClF3N6/c14-7-2-1-3-8(4-7)20-12-21-9-5-18-11(22-10(9)23-12)19-6-13(15,16)17/h1-5H,6H2,(H3,18,19,20,21,22,23). The SMILES string of the molecule is FC(F)(F)CNc1ncc2[nH]c(Nc3cccc(Cl)c3)nc2n1. The van der Waals surface area contributed by atoms with Crippen LogP contribution in [0.25, 0.3) is 11.2 Å². The van der Waals surface area contributed by atoms with Gasteiger partial charge in [0.2, 0.25) is 11.9 Å². The van der Waals surface area contributed by atoms with Gasteiger partial charge < -0.3 is 15.6 Å². The largest absolute Gasteiger partial charge is 0.405 e. The lowest BCUT2D eigenvalue weighted by atomic mass is 10.3. The van der Waals surface area contributed by atoms with Crippen LogP contribution in [0.2, 0.25) is 5.02 Å². The van der Waals surface area contributed by atoms with Crippen molar-refractivity contribution >= 4 is 40.3 Å². The maximum absolute atomic E-state index is 12.2. The van der Waals surface area contributed by atoms with E-state index in [0.29, 0.717) is 22.2 Å². The Bertz CT molecular complexity index is 832. The highest BCUT2D eigenvalue weighted by Gasteiger charge is 2.27. The Kier molecular flexibility index (Phi) is 3.95. The summed E-state index contributed by atoms with van der Waals surface area (Å²) in [6, 6.07) is 7.00. The minimum Gasteiger partial charge on any atom is -0.345 e. The van der Waals surface area contributed by atoms with Gasteiger partial charge in [-0.05, 0) is 18.2 Å². The summed E-state index contributed by atoms with van der Waals surface area (Å²) in [6.45, 7) is -1.21. The van der Waals surface area contributed by atoms with Crippen molar-refractivity contribution in [1.29, 1.82) is 0 Å². The molecular formula is C13H10ClF3N6. The summed E-state index contributed by atoms with van der Waals surface area (Å²) in [6.07, 6.45) is -2.99. The first-order valence-electron chi connectivity index (χ1n) is 6.45. The number of halogens is 4. The maximum Gasteiger partial charge on any atom is 0.405 e. The van der Waals surface area contributed by atoms with Gasteiger partial charge in [0.15, 0.2) is 5.65 Å². The van der Waals surface area contributed by atoms with Gasteiger partial charge in [0.05, 0.1) is 6.20 Å². The molecule has 1 aromatic carbocycles. The molecule has 2 heterocycles. The zero-order chi connectivity index (χ0) is 16.4. The molecule has 3 aromatic rings. The molecule has 0 amide bonds. The summed E-state index contributed by atoms with van der Waals surface area (Å²) < 4.78 is 36.5. The van der Waals surface area contributed by atoms with Crippen LogP contribution in [0, 0.1) is 0 Å². The summed E-state index contributed by atoms with van der Waals surface area (Å²) >= 11 is 5.89. The van der Waals surface area contributed by atoms with Crippen molar-refractivity contribution in [2.24, 2.45) is 0 Å². The molecule has 23 heavy (non-hydrogen) atoms. The van der Waals surface area contributed by atoms with E-state index in [-0.39, 0.29) is 11.6 Å². The van der Waals surface area contributed by atoms with E-state index in [2.05, 4.69) is 30.6 Å². The highest BCUT2D eigenvalue weighted by molar-refractivity contribution is 6.30. The Hall–Kier alpha value is -2.55. The van der Waals surface area contributed by atoms with Crippen LogP contribution in [0.1, 0.15) is 0 Å². The Balaban J connectivity index is 1.79. The maximum atomic E-state index is 12.2. The molecule has 0 aliphatic rings. The number of alkyl halides is 3. The fourth-order valence-electron chi connectivity index (χ4n) is 1.83. The van der Waals surface area contributed by atoms with E-state index in [1.54, 1.807) is 24.3 Å². The van der Waals surface area contributed by atoms with E-state index in [1.807, 2.05) is 0 Å². The van der Waals surface area contributed by atoms with Crippen LogP contribution in [0.5, 0.6) is 0 Å². The second-order valence-electron chi connectivity index (χ2n) is 4.62. The molecule has 0 saturated heterocycles. The number of hydrogen-bond acceptors (Lipinski definition) is 5. The third-order valence-corrected chi connectivity index (χ3v) is 3.01. The molecule has 120 valence electrons. The van der Waals surface area contributed by atoms with E-state index in [1.165, 1.54) is 6.20 Å². The number of aromatic nitrogens is 4. The molecule has 0 spiro atoms. The monoisotopic (exact) mass is 342 g/mol. The number of nitrogens with zero attached hydrogens (tertiary/aromatic N) is 3. The smallest absolute Gasteiger partial charge is 0.345 e. The minimum absolute atomic E-state index is 0.143. The quantitative estimate of drug-likeness (QED) is 0.673. The van der Waals surface area contributed by atoms with Crippen molar-refractivity contribution in [2.75, 3.05) is 17.2 Å². The molecule has 0 unspecified atom stereocenters. The van der Waals surface area contributed by atoms with Gasteiger partial charge in [-0.1, -0.05) is 17.7 Å². The van der Waals surface area contributed by atoms with Crippen molar-refractivity contribution in [2.45, 2.75) is 6.18 Å². The van der Waals surface area contributed by atoms with Crippen molar-refractivity contribution in [3.8, 4) is 0 Å². The van der Waals surface area contributed by atoms with Gasteiger partial charge >= 0.3 is 6.18 Å². The average molecular weight is 343 g/mol. The molecule has 0 atom stereocenters. The molecule has 0 aliphatic heterocycles. The highest BCUT2D eigenvalue weighted by Crippen LogP contribution is 2.21. The van der Waals surface area contributed by atoms with Crippen LogP contribution in [-0.4, -0.2) is 32.7 Å². The van der Waals surface area contributed by atoms with Gasteiger partial charge in [0.1, 0.15) is 12.1 Å². The van der Waals surface area contributed by atoms with Crippen LogP contribution in [-0.2, 0) is 0 Å². The second kappa shape index (κ2) is 5.92. The predicted octanol–water partition coefficient (Wildman–Crippen LogP) is 3.72. The van der Waals surface area contributed by atoms with E-state index in [9.17, 15) is 13.2 Å². The summed E-state index contributed by atoms with van der Waals surface area (Å²) in [5.41, 5.74) is 1.45. The van der Waals surface area contributed by atoms with E-state index in [0.717, 1.165) is 0 Å². The molecule has 0 radical (unpaired) electrons. The van der Waals surface area contributed by atoms with Crippen LogP contribution in [0.4, 0.5) is 30.8 Å². The number of rotatable bonds is 4. The Morgan fingerprint density at radius 2 is 2.04 bits per heavy atom. The molecule has 0 bridgehead atoms. The normalized spacial score (nSPS) is 11.7. The first kappa shape index (κ1) is 15.3. The van der Waals surface area contributed by atoms with Gasteiger partial charge in [-0.25, -0.2) is 4.98 Å². The lowest BCUT2D eigenvalue weighted by Gasteiger charge is -2.07. The summed E-state index contributed by atoms with van der Waals surface area (Å²) in [4.78, 5) is 14.8. The van der Waals surface area contributed by atoms with Crippen LogP contribution in [0.15, 0.2) is 30.5 Å². The molecule has 3 N–H and O–H groups in total. The van der Waals surface area contributed by atoms with Crippen molar-refractivity contribution < 1.29 is 13.2 Å². The number of H-pyrrole nitrogens is 1. The highest BCUT2D eigenvalue weighted by atomic mass is 35.5. The topological polar surface area (TPSA) is 78.5 Å². The third-order valence-electron chi connectivity index (χ3n) is 2.77. The third kappa shape index (κ3) is 4.01. The predicted molar refractivity (Wildman–Crippen MR) is 81.0 cm³/mol. The van der Waals surface area contributed by atoms with Gasteiger partial charge in [0.25, 0.3) is 0 Å². The Labute approximate surface area is 133 Å². The van der Waals surface area contributed by atoms with Gasteiger partial charge in [0, 0.05) is 10.7 Å². The molecule has 6 nitrogen and oxygen atoms in total.